The first kappa shape index (κ1) is 15.6. The summed E-state index contributed by atoms with van der Waals surface area (Å²) in [7, 11) is -3.89. The van der Waals surface area contributed by atoms with Gasteiger partial charge in [-0.2, -0.15) is 13.5 Å². The van der Waals surface area contributed by atoms with Gasteiger partial charge in [0, 0.05) is 4.47 Å². The maximum atomic E-state index is 13.3. The summed E-state index contributed by atoms with van der Waals surface area (Å²) in [4.78, 5) is 1.87. The third kappa shape index (κ3) is 3.85. The van der Waals surface area contributed by atoms with Crippen LogP contribution in [0.15, 0.2) is 56.9 Å². The summed E-state index contributed by atoms with van der Waals surface area (Å²) in [6, 6.07) is 9.14. The molecule has 0 aliphatic rings. The molecule has 110 valence electrons. The number of hydrazone groups is 1. The zero-order valence-electron chi connectivity index (χ0n) is 10.4. The van der Waals surface area contributed by atoms with E-state index in [1.54, 1.807) is 12.1 Å². The van der Waals surface area contributed by atoms with Crippen LogP contribution in [0, 0.1) is 11.6 Å². The number of hydrogen-bond donors (Lipinski definition) is 1. The highest BCUT2D eigenvalue weighted by atomic mass is 79.9. The van der Waals surface area contributed by atoms with Crippen molar-refractivity contribution >= 4 is 32.2 Å². The fourth-order valence-corrected chi connectivity index (χ4v) is 2.52. The van der Waals surface area contributed by atoms with E-state index in [1.165, 1.54) is 18.2 Å². The molecule has 2 aromatic rings. The number of halogens is 3. The second-order valence-corrected chi connectivity index (χ2v) is 6.52. The molecule has 21 heavy (non-hydrogen) atoms. The van der Waals surface area contributed by atoms with Crippen molar-refractivity contribution < 1.29 is 17.2 Å². The Morgan fingerprint density at radius 3 is 2.19 bits per heavy atom. The standard InChI is InChI=1S/C13H9BrF2N2O2S/c14-9-4-6-10(7-5-9)21(19,20)18-17-8-11-12(15)2-1-3-13(11)16/h1-8,18H/b17-8-. The lowest BCUT2D eigenvalue weighted by molar-refractivity contribution is 0.577. The van der Waals surface area contributed by atoms with Crippen LogP contribution < -0.4 is 4.83 Å². The lowest BCUT2D eigenvalue weighted by Gasteiger charge is -2.03. The average Bonchev–Trinajstić information content (AvgIpc) is 2.42. The Bertz CT molecular complexity index is 757. The molecule has 4 nitrogen and oxygen atoms in total. The topological polar surface area (TPSA) is 58.5 Å². The average molecular weight is 375 g/mol. The molecule has 0 saturated carbocycles. The summed E-state index contributed by atoms with van der Waals surface area (Å²) in [5.41, 5.74) is -0.420. The van der Waals surface area contributed by atoms with Gasteiger partial charge in [0.2, 0.25) is 0 Å². The molecule has 0 aromatic heterocycles. The van der Waals surface area contributed by atoms with Gasteiger partial charge in [0.25, 0.3) is 10.0 Å². The lowest BCUT2D eigenvalue weighted by atomic mass is 10.2. The molecule has 8 heteroatoms. The highest BCUT2D eigenvalue weighted by Crippen LogP contribution is 2.14. The largest absolute Gasteiger partial charge is 0.276 e. The predicted octanol–water partition coefficient (Wildman–Crippen LogP) is 3.04. The maximum absolute atomic E-state index is 13.3. The minimum absolute atomic E-state index is 0.0168. The number of rotatable bonds is 4. The summed E-state index contributed by atoms with van der Waals surface area (Å²) >= 11 is 3.18. The van der Waals surface area contributed by atoms with E-state index in [1.807, 2.05) is 4.83 Å². The first-order valence-electron chi connectivity index (χ1n) is 5.64. The molecule has 0 aliphatic carbocycles. The molecular formula is C13H9BrF2N2O2S. The van der Waals surface area contributed by atoms with E-state index < -0.39 is 27.2 Å². The van der Waals surface area contributed by atoms with Crippen molar-refractivity contribution in [1.82, 2.24) is 4.83 Å². The van der Waals surface area contributed by atoms with Gasteiger partial charge in [-0.1, -0.05) is 22.0 Å². The Kier molecular flexibility index (Phi) is 4.69. The van der Waals surface area contributed by atoms with Crippen LogP contribution in [0.2, 0.25) is 0 Å². The smallest absolute Gasteiger partial charge is 0.206 e. The lowest BCUT2D eigenvalue weighted by Crippen LogP contribution is -2.18. The summed E-state index contributed by atoms with van der Waals surface area (Å²) in [5, 5.41) is 3.38. The van der Waals surface area contributed by atoms with Crippen LogP contribution in [0.1, 0.15) is 5.56 Å². The summed E-state index contributed by atoms with van der Waals surface area (Å²) in [5.74, 6) is -1.66. The monoisotopic (exact) mass is 374 g/mol. The van der Waals surface area contributed by atoms with E-state index >= 15 is 0 Å². The van der Waals surface area contributed by atoms with Crippen molar-refractivity contribution in [3.05, 3.63) is 64.1 Å². The molecule has 0 radical (unpaired) electrons. The number of nitrogens with one attached hydrogen (secondary N) is 1. The van der Waals surface area contributed by atoms with Crippen LogP contribution in [-0.4, -0.2) is 14.6 Å². The second-order valence-electron chi connectivity index (χ2n) is 3.94. The van der Waals surface area contributed by atoms with Crippen LogP contribution in [-0.2, 0) is 10.0 Å². The fourth-order valence-electron chi connectivity index (χ4n) is 1.46. The van der Waals surface area contributed by atoms with Crippen LogP contribution in [0.4, 0.5) is 8.78 Å². The molecule has 0 amide bonds. The SMILES string of the molecule is O=S(=O)(N/N=C\c1c(F)cccc1F)c1ccc(Br)cc1. The zero-order chi connectivity index (χ0) is 15.5. The van der Waals surface area contributed by atoms with E-state index in [0.29, 0.717) is 0 Å². The van der Waals surface area contributed by atoms with Gasteiger partial charge in [-0.05, 0) is 36.4 Å². The molecule has 2 rings (SSSR count). The molecule has 0 atom stereocenters. The van der Waals surface area contributed by atoms with Gasteiger partial charge in [0.05, 0.1) is 16.7 Å². The molecule has 0 fully saturated rings. The van der Waals surface area contributed by atoms with Gasteiger partial charge >= 0.3 is 0 Å². The van der Waals surface area contributed by atoms with Crippen LogP contribution in [0.25, 0.3) is 0 Å². The first-order chi connectivity index (χ1) is 9.90. The molecule has 0 saturated heterocycles. The summed E-state index contributed by atoms with van der Waals surface area (Å²) in [6.07, 6.45) is 0.779. The number of hydrogen-bond acceptors (Lipinski definition) is 3. The predicted molar refractivity (Wildman–Crippen MR) is 78.4 cm³/mol. The van der Waals surface area contributed by atoms with Crippen LogP contribution in [0.3, 0.4) is 0 Å². The van der Waals surface area contributed by atoms with E-state index in [2.05, 4.69) is 21.0 Å². The highest BCUT2D eigenvalue weighted by molar-refractivity contribution is 9.10. The minimum Gasteiger partial charge on any atom is -0.206 e. The Morgan fingerprint density at radius 1 is 1.05 bits per heavy atom. The van der Waals surface area contributed by atoms with Crippen molar-refractivity contribution in [3.63, 3.8) is 0 Å². The Balaban J connectivity index is 2.19. The van der Waals surface area contributed by atoms with Crippen molar-refractivity contribution in [3.8, 4) is 0 Å². The Labute approximate surface area is 128 Å². The van der Waals surface area contributed by atoms with Crippen molar-refractivity contribution in [2.45, 2.75) is 4.90 Å². The molecule has 2 aromatic carbocycles. The molecule has 0 heterocycles. The Morgan fingerprint density at radius 2 is 1.62 bits per heavy atom. The summed E-state index contributed by atoms with van der Waals surface area (Å²) in [6.45, 7) is 0. The van der Waals surface area contributed by atoms with E-state index in [-0.39, 0.29) is 4.90 Å². The number of nitrogens with zero attached hydrogens (tertiary/aromatic N) is 1. The molecule has 0 aliphatic heterocycles. The number of sulfonamides is 1. The summed E-state index contributed by atoms with van der Waals surface area (Å²) < 4.78 is 51.1. The van der Waals surface area contributed by atoms with Gasteiger partial charge < -0.3 is 0 Å². The second kappa shape index (κ2) is 6.31. The van der Waals surface area contributed by atoms with E-state index in [4.69, 9.17) is 0 Å². The normalized spacial score (nSPS) is 11.8. The first-order valence-corrected chi connectivity index (χ1v) is 7.92. The van der Waals surface area contributed by atoms with Gasteiger partial charge in [-0.3, -0.25) is 0 Å². The minimum atomic E-state index is -3.89. The van der Waals surface area contributed by atoms with Crippen molar-refractivity contribution in [2.75, 3.05) is 0 Å². The molecular weight excluding hydrogens is 366 g/mol. The van der Waals surface area contributed by atoms with E-state index in [0.717, 1.165) is 22.8 Å². The van der Waals surface area contributed by atoms with Crippen molar-refractivity contribution in [1.29, 1.82) is 0 Å². The fraction of sp³-hybridized carbons (Fsp3) is 0. The van der Waals surface area contributed by atoms with Crippen molar-refractivity contribution in [2.24, 2.45) is 5.10 Å². The van der Waals surface area contributed by atoms with Crippen LogP contribution >= 0.6 is 15.9 Å². The van der Waals surface area contributed by atoms with Gasteiger partial charge in [-0.15, -0.1) is 0 Å². The zero-order valence-corrected chi connectivity index (χ0v) is 12.8. The molecule has 0 spiro atoms. The number of benzene rings is 2. The van der Waals surface area contributed by atoms with Gasteiger partial charge in [0.1, 0.15) is 11.6 Å². The van der Waals surface area contributed by atoms with Gasteiger partial charge in [0.15, 0.2) is 0 Å². The molecule has 0 unspecified atom stereocenters. The van der Waals surface area contributed by atoms with Crippen LogP contribution in [0.5, 0.6) is 0 Å². The van der Waals surface area contributed by atoms with E-state index in [9.17, 15) is 17.2 Å². The highest BCUT2D eigenvalue weighted by Gasteiger charge is 2.12. The quantitative estimate of drug-likeness (QED) is 0.660. The molecule has 0 bridgehead atoms. The molecule has 1 N–H and O–H groups in total. The Hall–Kier alpha value is -1.80. The third-order valence-electron chi connectivity index (χ3n) is 2.49. The third-order valence-corrected chi connectivity index (χ3v) is 4.26. The maximum Gasteiger partial charge on any atom is 0.276 e. The van der Waals surface area contributed by atoms with Gasteiger partial charge in [-0.25, -0.2) is 13.6 Å².